The third-order valence-corrected chi connectivity index (χ3v) is 6.38. The Morgan fingerprint density at radius 3 is 2.95 bits per heavy atom. The molecule has 0 radical (unpaired) electrons. The number of nitrogens with zero attached hydrogens (tertiary/aromatic N) is 1. The molecule has 4 heteroatoms. The van der Waals surface area contributed by atoms with Crippen LogP contribution in [0.1, 0.15) is 46.8 Å². The summed E-state index contributed by atoms with van der Waals surface area (Å²) in [5, 5.41) is 0.171. The third kappa shape index (κ3) is 2.43. The Hall–Kier alpha value is -0.540. The minimum absolute atomic E-state index is 0.00938. The van der Waals surface area contributed by atoms with Crippen LogP contribution >= 0.6 is 22.9 Å². The zero-order valence-corrected chi connectivity index (χ0v) is 13.1. The predicted octanol–water partition coefficient (Wildman–Crippen LogP) is 3.72. The first-order chi connectivity index (χ1) is 8.97. The maximum Gasteiger partial charge on any atom is 0.263 e. The van der Waals surface area contributed by atoms with Gasteiger partial charge in [-0.2, -0.15) is 0 Å². The summed E-state index contributed by atoms with van der Waals surface area (Å²) in [5.74, 6) is 0.205. The van der Waals surface area contributed by atoms with E-state index in [1.54, 1.807) is 11.3 Å². The zero-order chi connectivity index (χ0) is 13.6. The van der Waals surface area contributed by atoms with E-state index in [0.29, 0.717) is 0 Å². The highest BCUT2D eigenvalue weighted by molar-refractivity contribution is 7.14. The lowest BCUT2D eigenvalue weighted by Gasteiger charge is -2.41. The number of thiophene rings is 1. The average Bonchev–Trinajstić information content (AvgIpc) is 2.92. The van der Waals surface area contributed by atoms with E-state index < -0.39 is 0 Å². The normalized spacial score (nSPS) is 25.4. The maximum absolute atomic E-state index is 12.6. The minimum Gasteiger partial charge on any atom is -0.337 e. The van der Waals surface area contributed by atoms with Crippen molar-refractivity contribution in [1.29, 1.82) is 0 Å². The number of alkyl halides is 1. The van der Waals surface area contributed by atoms with Gasteiger partial charge in [0.2, 0.25) is 0 Å². The molecule has 1 aromatic rings. The number of fused-ring (bicyclic) bond motifs is 1. The number of halogens is 1. The van der Waals surface area contributed by atoms with Crippen LogP contribution in [0.15, 0.2) is 6.07 Å². The molecule has 2 nitrogen and oxygen atoms in total. The highest BCUT2D eigenvalue weighted by atomic mass is 35.5. The van der Waals surface area contributed by atoms with E-state index in [-0.39, 0.29) is 16.7 Å². The molecule has 0 saturated carbocycles. The minimum atomic E-state index is 0.00938. The van der Waals surface area contributed by atoms with E-state index in [1.807, 2.05) is 4.90 Å². The molecule has 0 bridgehead atoms. The molecule has 3 rings (SSSR count). The Labute approximate surface area is 123 Å². The standard InChI is InChI=1S/C15H20ClNOS/c1-15(2)9-17(7-6-13(15)16)14(18)12-8-10-4-3-5-11(10)19-12/h8,13H,3-7,9H2,1-2H3. The number of amides is 1. The molecule has 19 heavy (non-hydrogen) atoms. The summed E-state index contributed by atoms with van der Waals surface area (Å²) < 4.78 is 0. The lowest BCUT2D eigenvalue weighted by molar-refractivity contribution is 0.0598. The summed E-state index contributed by atoms with van der Waals surface area (Å²) in [6, 6.07) is 2.12. The Morgan fingerprint density at radius 2 is 2.26 bits per heavy atom. The van der Waals surface area contributed by atoms with Gasteiger partial charge in [0.15, 0.2) is 0 Å². The summed E-state index contributed by atoms with van der Waals surface area (Å²) in [6.07, 6.45) is 4.45. The number of carbonyl (C=O) groups excluding carboxylic acids is 1. The highest BCUT2D eigenvalue weighted by Crippen LogP contribution is 2.36. The molecular formula is C15H20ClNOS. The average molecular weight is 298 g/mol. The van der Waals surface area contributed by atoms with Crippen LogP contribution in [0.2, 0.25) is 0 Å². The lowest BCUT2D eigenvalue weighted by atomic mass is 9.83. The molecule has 1 aromatic heterocycles. The van der Waals surface area contributed by atoms with Crippen LogP contribution in [0.5, 0.6) is 0 Å². The van der Waals surface area contributed by atoms with Crippen LogP contribution in [-0.4, -0.2) is 29.3 Å². The Bertz CT molecular complexity index is 487. The zero-order valence-electron chi connectivity index (χ0n) is 11.5. The van der Waals surface area contributed by atoms with E-state index in [4.69, 9.17) is 11.6 Å². The van der Waals surface area contributed by atoms with Crippen molar-refractivity contribution < 1.29 is 4.79 Å². The molecule has 1 fully saturated rings. The van der Waals surface area contributed by atoms with Crippen molar-refractivity contribution in [3.05, 3.63) is 21.4 Å². The Morgan fingerprint density at radius 1 is 1.47 bits per heavy atom. The quantitative estimate of drug-likeness (QED) is 0.724. The van der Waals surface area contributed by atoms with Crippen LogP contribution < -0.4 is 0 Å². The molecule has 1 amide bonds. The van der Waals surface area contributed by atoms with Gasteiger partial charge in [0.25, 0.3) is 5.91 Å². The predicted molar refractivity (Wildman–Crippen MR) is 80.3 cm³/mol. The van der Waals surface area contributed by atoms with Crippen LogP contribution in [-0.2, 0) is 12.8 Å². The van der Waals surface area contributed by atoms with Crippen molar-refractivity contribution in [3.8, 4) is 0 Å². The van der Waals surface area contributed by atoms with Crippen molar-refractivity contribution >= 4 is 28.8 Å². The van der Waals surface area contributed by atoms with Gasteiger partial charge in [0, 0.05) is 23.3 Å². The number of hydrogen-bond donors (Lipinski definition) is 0. The molecule has 0 N–H and O–H groups in total. The smallest absolute Gasteiger partial charge is 0.263 e. The first-order valence-electron chi connectivity index (χ1n) is 7.02. The summed E-state index contributed by atoms with van der Waals surface area (Å²) in [7, 11) is 0. The molecule has 1 saturated heterocycles. The third-order valence-electron chi connectivity index (χ3n) is 4.34. The van der Waals surface area contributed by atoms with Crippen molar-refractivity contribution in [3.63, 3.8) is 0 Å². The highest BCUT2D eigenvalue weighted by Gasteiger charge is 2.37. The van der Waals surface area contributed by atoms with Crippen LogP contribution in [0, 0.1) is 5.41 Å². The van der Waals surface area contributed by atoms with Crippen LogP contribution in [0.25, 0.3) is 0 Å². The fourth-order valence-electron chi connectivity index (χ4n) is 3.09. The van der Waals surface area contributed by atoms with Gasteiger partial charge < -0.3 is 4.90 Å². The van der Waals surface area contributed by atoms with E-state index in [9.17, 15) is 4.79 Å². The number of piperidine rings is 1. The number of aryl methyl sites for hydroxylation is 2. The van der Waals surface area contributed by atoms with Gasteiger partial charge >= 0.3 is 0 Å². The van der Waals surface area contributed by atoms with Crippen LogP contribution in [0.3, 0.4) is 0 Å². The van der Waals surface area contributed by atoms with E-state index >= 15 is 0 Å². The topological polar surface area (TPSA) is 20.3 Å². The van der Waals surface area contributed by atoms with Crippen LogP contribution in [0.4, 0.5) is 0 Å². The first-order valence-corrected chi connectivity index (χ1v) is 8.27. The van der Waals surface area contributed by atoms with E-state index in [0.717, 1.165) is 37.2 Å². The fraction of sp³-hybridized carbons (Fsp3) is 0.667. The first kappa shape index (κ1) is 13.4. The second-order valence-electron chi connectivity index (χ2n) is 6.38. The summed E-state index contributed by atoms with van der Waals surface area (Å²) in [5.41, 5.74) is 1.41. The van der Waals surface area contributed by atoms with Gasteiger partial charge in [-0.25, -0.2) is 0 Å². The van der Waals surface area contributed by atoms with Gasteiger partial charge in [0.1, 0.15) is 0 Å². The molecule has 0 spiro atoms. The number of rotatable bonds is 1. The molecule has 0 aromatic carbocycles. The van der Waals surface area contributed by atoms with Gasteiger partial charge in [-0.3, -0.25) is 4.79 Å². The summed E-state index contributed by atoms with van der Waals surface area (Å²) >= 11 is 8.05. The van der Waals surface area contributed by atoms with Crippen molar-refractivity contribution in [2.75, 3.05) is 13.1 Å². The van der Waals surface area contributed by atoms with E-state index in [1.165, 1.54) is 16.9 Å². The van der Waals surface area contributed by atoms with Crippen molar-refractivity contribution in [1.82, 2.24) is 4.90 Å². The SMILES string of the molecule is CC1(C)CN(C(=O)c2cc3c(s2)CCC3)CCC1Cl. The molecule has 1 aliphatic carbocycles. The van der Waals surface area contributed by atoms with Crippen molar-refractivity contribution in [2.24, 2.45) is 5.41 Å². The Kier molecular flexibility index (Phi) is 3.38. The Balaban J connectivity index is 1.77. The molecule has 2 heterocycles. The summed E-state index contributed by atoms with van der Waals surface area (Å²) in [6.45, 7) is 5.86. The monoisotopic (exact) mass is 297 g/mol. The molecule has 104 valence electrons. The second kappa shape index (κ2) is 4.78. The molecular weight excluding hydrogens is 278 g/mol. The fourth-order valence-corrected chi connectivity index (χ4v) is 4.48. The molecule has 2 aliphatic rings. The number of carbonyl (C=O) groups is 1. The largest absolute Gasteiger partial charge is 0.337 e. The van der Waals surface area contributed by atoms with Crippen molar-refractivity contribution in [2.45, 2.75) is 44.9 Å². The van der Waals surface area contributed by atoms with Gasteiger partial charge in [-0.15, -0.1) is 22.9 Å². The van der Waals surface area contributed by atoms with Gasteiger partial charge in [0.05, 0.1) is 4.88 Å². The second-order valence-corrected chi connectivity index (χ2v) is 8.05. The maximum atomic E-state index is 12.6. The molecule has 1 atom stereocenters. The lowest BCUT2D eigenvalue weighted by Crippen LogP contribution is -2.48. The molecule has 1 unspecified atom stereocenters. The van der Waals surface area contributed by atoms with E-state index in [2.05, 4.69) is 19.9 Å². The van der Waals surface area contributed by atoms with Gasteiger partial charge in [-0.05, 0) is 42.7 Å². The number of hydrogen-bond acceptors (Lipinski definition) is 2. The summed E-state index contributed by atoms with van der Waals surface area (Å²) in [4.78, 5) is 16.9. The van der Waals surface area contributed by atoms with Gasteiger partial charge in [-0.1, -0.05) is 13.8 Å². The molecule has 1 aliphatic heterocycles. The number of likely N-dealkylation sites (tertiary alicyclic amines) is 1.